The van der Waals surface area contributed by atoms with Gasteiger partial charge in [0.25, 0.3) is 5.91 Å². The molecule has 3 N–H and O–H groups in total. The monoisotopic (exact) mass is 477 g/mol. The van der Waals surface area contributed by atoms with Crippen LogP contribution in [-0.2, 0) is 6.54 Å². The molecule has 1 amide bonds. The molecule has 1 saturated heterocycles. The maximum absolute atomic E-state index is 12.1. The molecule has 188 valence electrons. The highest BCUT2D eigenvalue weighted by atomic mass is 16.1. The molecule has 0 saturated carbocycles. The van der Waals surface area contributed by atoms with E-state index in [-0.39, 0.29) is 0 Å². The first-order chi connectivity index (χ1) is 17.0. The van der Waals surface area contributed by atoms with Crippen molar-refractivity contribution in [3.05, 3.63) is 47.5 Å². The van der Waals surface area contributed by atoms with E-state index in [2.05, 4.69) is 76.5 Å². The standard InChI is InChI=1S/C27H39N7O/c1-5-32(6-2)21-11-9-20(10-12-21)19-31-15-17-34(18-16-31)27-29-23-14-13-22(26(28)35)25(24(23)30-27)33(7-3)8-4/h9-14H,5-8,15-19H2,1-4H3,(H2,28,35)(H,29,30). The average molecular weight is 478 g/mol. The fraction of sp³-hybridized carbons (Fsp3) is 0.481. The van der Waals surface area contributed by atoms with Crippen molar-refractivity contribution in [1.29, 1.82) is 0 Å². The summed E-state index contributed by atoms with van der Waals surface area (Å²) in [4.78, 5) is 29.9. The number of carbonyl (C=O) groups excluding carboxylic acids is 1. The van der Waals surface area contributed by atoms with E-state index in [1.54, 1.807) is 0 Å². The van der Waals surface area contributed by atoms with Gasteiger partial charge in [-0.3, -0.25) is 9.69 Å². The van der Waals surface area contributed by atoms with Crippen LogP contribution in [0, 0.1) is 0 Å². The zero-order chi connectivity index (χ0) is 24.9. The smallest absolute Gasteiger partial charge is 0.250 e. The van der Waals surface area contributed by atoms with E-state index in [0.29, 0.717) is 5.56 Å². The summed E-state index contributed by atoms with van der Waals surface area (Å²) in [5.74, 6) is 0.440. The highest BCUT2D eigenvalue weighted by Gasteiger charge is 2.23. The van der Waals surface area contributed by atoms with Gasteiger partial charge in [-0.1, -0.05) is 12.1 Å². The summed E-state index contributed by atoms with van der Waals surface area (Å²) >= 11 is 0. The summed E-state index contributed by atoms with van der Waals surface area (Å²) in [6.07, 6.45) is 0. The second-order valence-corrected chi connectivity index (χ2v) is 9.06. The van der Waals surface area contributed by atoms with Gasteiger partial charge in [-0.15, -0.1) is 0 Å². The molecule has 8 heteroatoms. The van der Waals surface area contributed by atoms with Gasteiger partial charge in [-0.25, -0.2) is 4.98 Å². The Kier molecular flexibility index (Phi) is 7.80. The second kappa shape index (κ2) is 11.0. The third kappa shape index (κ3) is 5.22. The van der Waals surface area contributed by atoms with Crippen LogP contribution in [0.2, 0.25) is 0 Å². The predicted molar refractivity (Wildman–Crippen MR) is 146 cm³/mol. The third-order valence-electron chi connectivity index (χ3n) is 7.10. The molecule has 1 aromatic heterocycles. The Bertz CT molecular complexity index is 1120. The molecule has 0 atom stereocenters. The van der Waals surface area contributed by atoms with E-state index < -0.39 is 5.91 Å². The van der Waals surface area contributed by atoms with Crippen molar-refractivity contribution in [2.75, 3.05) is 67.1 Å². The topological polar surface area (TPSA) is 84.7 Å². The number of amides is 1. The lowest BCUT2D eigenvalue weighted by molar-refractivity contribution is 0.100. The fourth-order valence-corrected chi connectivity index (χ4v) is 5.03. The minimum Gasteiger partial charge on any atom is -0.372 e. The highest BCUT2D eigenvalue weighted by Crippen LogP contribution is 2.31. The number of hydrogen-bond donors (Lipinski definition) is 2. The summed E-state index contributed by atoms with van der Waals surface area (Å²) in [6, 6.07) is 12.7. The van der Waals surface area contributed by atoms with Crippen molar-refractivity contribution in [2.24, 2.45) is 5.73 Å². The molecule has 2 heterocycles. The Morgan fingerprint density at radius 3 is 2.11 bits per heavy atom. The molecule has 1 aliphatic rings. The van der Waals surface area contributed by atoms with Crippen LogP contribution in [0.4, 0.5) is 17.3 Å². The molecule has 0 spiro atoms. The molecule has 35 heavy (non-hydrogen) atoms. The lowest BCUT2D eigenvalue weighted by Crippen LogP contribution is -2.46. The molecular formula is C27H39N7O. The Hall–Kier alpha value is -3.26. The number of imidazole rings is 1. The minimum absolute atomic E-state index is 0.419. The summed E-state index contributed by atoms with van der Waals surface area (Å²) in [7, 11) is 0. The zero-order valence-corrected chi connectivity index (χ0v) is 21.5. The minimum atomic E-state index is -0.419. The number of primary amides is 1. The summed E-state index contributed by atoms with van der Waals surface area (Å²) in [6.45, 7) is 16.9. The Labute approximate surface area is 208 Å². The van der Waals surface area contributed by atoms with Crippen molar-refractivity contribution in [2.45, 2.75) is 34.2 Å². The van der Waals surface area contributed by atoms with Crippen LogP contribution in [0.25, 0.3) is 11.0 Å². The maximum Gasteiger partial charge on any atom is 0.250 e. The predicted octanol–water partition coefficient (Wildman–Crippen LogP) is 3.68. The first kappa shape index (κ1) is 24.9. The normalized spacial score (nSPS) is 14.5. The van der Waals surface area contributed by atoms with Crippen LogP contribution in [0.15, 0.2) is 36.4 Å². The molecule has 1 fully saturated rings. The highest BCUT2D eigenvalue weighted by molar-refractivity contribution is 6.06. The third-order valence-corrected chi connectivity index (χ3v) is 7.10. The molecule has 4 rings (SSSR count). The van der Waals surface area contributed by atoms with Crippen LogP contribution >= 0.6 is 0 Å². The van der Waals surface area contributed by atoms with Gasteiger partial charge in [0, 0.05) is 64.6 Å². The lowest BCUT2D eigenvalue weighted by atomic mass is 10.1. The van der Waals surface area contributed by atoms with Crippen LogP contribution in [0.3, 0.4) is 0 Å². The summed E-state index contributed by atoms with van der Waals surface area (Å²) in [5, 5.41) is 0. The number of nitrogens with one attached hydrogen (secondary N) is 1. The van der Waals surface area contributed by atoms with Crippen LogP contribution in [-0.4, -0.2) is 73.1 Å². The molecule has 0 bridgehead atoms. The van der Waals surface area contributed by atoms with Crippen molar-refractivity contribution >= 4 is 34.3 Å². The number of aromatic nitrogens is 2. The number of aromatic amines is 1. The Balaban J connectivity index is 1.45. The number of benzene rings is 2. The van der Waals surface area contributed by atoms with Crippen molar-refractivity contribution in [3.63, 3.8) is 0 Å². The molecule has 0 aliphatic carbocycles. The molecule has 0 radical (unpaired) electrons. The van der Waals surface area contributed by atoms with Gasteiger partial charge in [0.1, 0.15) is 5.52 Å². The van der Waals surface area contributed by atoms with Gasteiger partial charge < -0.3 is 25.4 Å². The zero-order valence-electron chi connectivity index (χ0n) is 21.5. The molecule has 8 nitrogen and oxygen atoms in total. The number of carbonyl (C=O) groups is 1. The quantitative estimate of drug-likeness (QED) is 0.463. The number of hydrogen-bond acceptors (Lipinski definition) is 6. The molecule has 1 aliphatic heterocycles. The number of anilines is 3. The number of rotatable bonds is 10. The van der Waals surface area contributed by atoms with Crippen molar-refractivity contribution in [1.82, 2.24) is 14.9 Å². The lowest BCUT2D eigenvalue weighted by Gasteiger charge is -2.34. The van der Waals surface area contributed by atoms with Crippen molar-refractivity contribution in [3.8, 4) is 0 Å². The number of nitrogens with two attached hydrogens (primary N) is 1. The van der Waals surface area contributed by atoms with E-state index in [0.717, 1.165) is 81.6 Å². The Morgan fingerprint density at radius 1 is 0.914 bits per heavy atom. The van der Waals surface area contributed by atoms with Gasteiger partial charge in [-0.2, -0.15) is 0 Å². The van der Waals surface area contributed by atoms with E-state index in [1.165, 1.54) is 11.3 Å². The maximum atomic E-state index is 12.1. The number of fused-ring (bicyclic) bond motifs is 1. The van der Waals surface area contributed by atoms with E-state index >= 15 is 0 Å². The van der Waals surface area contributed by atoms with Crippen molar-refractivity contribution < 1.29 is 4.79 Å². The largest absolute Gasteiger partial charge is 0.372 e. The number of H-pyrrole nitrogens is 1. The summed E-state index contributed by atoms with van der Waals surface area (Å²) in [5.41, 5.74) is 11.4. The van der Waals surface area contributed by atoms with Gasteiger partial charge in [0.15, 0.2) is 0 Å². The number of piperazine rings is 1. The molecular weight excluding hydrogens is 438 g/mol. The molecule has 2 aromatic carbocycles. The van der Waals surface area contributed by atoms with Gasteiger partial charge in [-0.05, 0) is 57.5 Å². The molecule has 0 unspecified atom stereocenters. The first-order valence-electron chi connectivity index (χ1n) is 12.9. The SMILES string of the molecule is CCN(CC)c1ccc(CN2CCN(c3nc4c(N(CC)CC)c(C(N)=O)ccc4[nH]3)CC2)cc1. The van der Waals surface area contributed by atoms with Crippen LogP contribution in [0.1, 0.15) is 43.6 Å². The Morgan fingerprint density at radius 2 is 1.54 bits per heavy atom. The first-order valence-corrected chi connectivity index (χ1v) is 12.9. The van der Waals surface area contributed by atoms with E-state index in [9.17, 15) is 4.79 Å². The average Bonchev–Trinajstić information content (AvgIpc) is 3.31. The van der Waals surface area contributed by atoms with E-state index in [1.807, 2.05) is 12.1 Å². The fourth-order valence-electron chi connectivity index (χ4n) is 5.03. The van der Waals surface area contributed by atoms with Crippen LogP contribution in [0.5, 0.6) is 0 Å². The van der Waals surface area contributed by atoms with Gasteiger partial charge >= 0.3 is 0 Å². The molecule has 3 aromatic rings. The summed E-state index contributed by atoms with van der Waals surface area (Å²) < 4.78 is 0. The van der Waals surface area contributed by atoms with E-state index in [4.69, 9.17) is 10.7 Å². The second-order valence-electron chi connectivity index (χ2n) is 9.06. The van der Waals surface area contributed by atoms with Gasteiger partial charge in [0.2, 0.25) is 5.95 Å². The number of nitrogens with zero attached hydrogens (tertiary/aromatic N) is 5. The van der Waals surface area contributed by atoms with Gasteiger partial charge in [0.05, 0.1) is 16.8 Å². The van der Waals surface area contributed by atoms with Crippen LogP contribution < -0.4 is 20.4 Å².